The maximum absolute atomic E-state index is 6.31. The summed E-state index contributed by atoms with van der Waals surface area (Å²) in [6.07, 6.45) is 4.19. The molecule has 0 saturated heterocycles. The van der Waals surface area contributed by atoms with E-state index >= 15 is 0 Å². The standard InChI is InChI=1S/C17H24ClN3/c1-5-6-17-15(11-21(4)20-17)13-7-8-16(18)14(9-13)10-19-12(2)3/h7-9,11-12,19H,5-6,10H2,1-4H3. The van der Waals surface area contributed by atoms with E-state index < -0.39 is 0 Å². The average Bonchev–Trinajstić information content (AvgIpc) is 2.79. The zero-order valence-corrected chi connectivity index (χ0v) is 14.0. The Kier molecular flexibility index (Phi) is 5.43. The number of hydrogen-bond acceptors (Lipinski definition) is 2. The van der Waals surface area contributed by atoms with Crippen LogP contribution in [0.3, 0.4) is 0 Å². The van der Waals surface area contributed by atoms with Crippen molar-refractivity contribution in [3.8, 4) is 11.1 Å². The summed E-state index contributed by atoms with van der Waals surface area (Å²) in [7, 11) is 1.97. The van der Waals surface area contributed by atoms with Crippen molar-refractivity contribution in [1.29, 1.82) is 0 Å². The van der Waals surface area contributed by atoms with Gasteiger partial charge in [0.05, 0.1) is 5.69 Å². The zero-order chi connectivity index (χ0) is 15.4. The molecule has 4 heteroatoms. The van der Waals surface area contributed by atoms with Gasteiger partial charge in [0.1, 0.15) is 0 Å². The van der Waals surface area contributed by atoms with E-state index in [1.54, 1.807) is 0 Å². The normalized spacial score (nSPS) is 11.3. The average molecular weight is 306 g/mol. The van der Waals surface area contributed by atoms with Gasteiger partial charge in [0, 0.05) is 36.4 Å². The van der Waals surface area contributed by atoms with Crippen LogP contribution in [0.2, 0.25) is 5.02 Å². The minimum Gasteiger partial charge on any atom is -0.310 e. The van der Waals surface area contributed by atoms with Gasteiger partial charge in [0.2, 0.25) is 0 Å². The Labute approximate surface area is 132 Å². The summed E-state index contributed by atoms with van der Waals surface area (Å²) >= 11 is 6.31. The van der Waals surface area contributed by atoms with Gasteiger partial charge in [-0.2, -0.15) is 5.10 Å². The molecule has 0 atom stereocenters. The number of benzene rings is 1. The molecule has 114 valence electrons. The minimum atomic E-state index is 0.443. The smallest absolute Gasteiger partial charge is 0.0702 e. The van der Waals surface area contributed by atoms with Crippen LogP contribution in [-0.2, 0) is 20.0 Å². The monoisotopic (exact) mass is 305 g/mol. The zero-order valence-electron chi connectivity index (χ0n) is 13.3. The summed E-state index contributed by atoms with van der Waals surface area (Å²) < 4.78 is 1.89. The van der Waals surface area contributed by atoms with E-state index in [0.29, 0.717) is 6.04 Å². The molecule has 0 aliphatic heterocycles. The van der Waals surface area contributed by atoms with Gasteiger partial charge >= 0.3 is 0 Å². The number of halogens is 1. The van der Waals surface area contributed by atoms with Crippen molar-refractivity contribution in [1.82, 2.24) is 15.1 Å². The SMILES string of the molecule is CCCc1nn(C)cc1-c1ccc(Cl)c(CNC(C)C)c1. The molecular formula is C17H24ClN3. The van der Waals surface area contributed by atoms with Crippen LogP contribution in [0.1, 0.15) is 38.4 Å². The van der Waals surface area contributed by atoms with Crippen LogP contribution in [0.15, 0.2) is 24.4 Å². The summed E-state index contributed by atoms with van der Waals surface area (Å²) in [5.41, 5.74) is 4.69. The fourth-order valence-corrected chi connectivity index (χ4v) is 2.57. The lowest BCUT2D eigenvalue weighted by atomic mass is 10.0. The van der Waals surface area contributed by atoms with E-state index in [-0.39, 0.29) is 0 Å². The number of nitrogens with one attached hydrogen (secondary N) is 1. The predicted molar refractivity (Wildman–Crippen MR) is 89.6 cm³/mol. The minimum absolute atomic E-state index is 0.443. The third kappa shape index (κ3) is 4.08. The number of rotatable bonds is 6. The first kappa shape index (κ1) is 16.1. The van der Waals surface area contributed by atoms with Crippen LogP contribution in [0.5, 0.6) is 0 Å². The highest BCUT2D eigenvalue weighted by Crippen LogP contribution is 2.28. The Morgan fingerprint density at radius 1 is 1.33 bits per heavy atom. The summed E-state index contributed by atoms with van der Waals surface area (Å²) in [6, 6.07) is 6.68. The first-order chi connectivity index (χ1) is 10.0. The van der Waals surface area contributed by atoms with E-state index in [2.05, 4.69) is 49.5 Å². The molecule has 21 heavy (non-hydrogen) atoms. The Morgan fingerprint density at radius 2 is 2.10 bits per heavy atom. The van der Waals surface area contributed by atoms with Gasteiger partial charge in [-0.05, 0) is 29.7 Å². The van der Waals surface area contributed by atoms with E-state index in [4.69, 9.17) is 11.6 Å². The van der Waals surface area contributed by atoms with Gasteiger partial charge < -0.3 is 5.32 Å². The van der Waals surface area contributed by atoms with E-state index in [1.165, 1.54) is 11.1 Å². The highest BCUT2D eigenvalue weighted by molar-refractivity contribution is 6.31. The molecule has 2 rings (SSSR count). The molecule has 0 radical (unpaired) electrons. The molecule has 0 amide bonds. The maximum Gasteiger partial charge on any atom is 0.0702 e. The number of aryl methyl sites for hydroxylation is 2. The highest BCUT2D eigenvalue weighted by Gasteiger charge is 2.11. The molecular weight excluding hydrogens is 282 g/mol. The van der Waals surface area contributed by atoms with Crippen LogP contribution in [0.25, 0.3) is 11.1 Å². The molecule has 0 fully saturated rings. The van der Waals surface area contributed by atoms with Crippen molar-refractivity contribution in [2.24, 2.45) is 7.05 Å². The Hall–Kier alpha value is -1.32. The van der Waals surface area contributed by atoms with Gasteiger partial charge in [0.25, 0.3) is 0 Å². The highest BCUT2D eigenvalue weighted by atomic mass is 35.5. The van der Waals surface area contributed by atoms with Crippen molar-refractivity contribution in [2.75, 3.05) is 0 Å². The molecule has 1 aromatic heterocycles. The third-order valence-corrected chi connectivity index (χ3v) is 3.82. The fourth-order valence-electron chi connectivity index (χ4n) is 2.39. The molecule has 0 spiro atoms. The molecule has 0 unspecified atom stereocenters. The Bertz CT molecular complexity index is 602. The molecule has 1 N–H and O–H groups in total. The second-order valence-electron chi connectivity index (χ2n) is 5.75. The topological polar surface area (TPSA) is 29.9 Å². The summed E-state index contributed by atoms with van der Waals surface area (Å²) in [5, 5.41) is 8.80. The maximum atomic E-state index is 6.31. The summed E-state index contributed by atoms with van der Waals surface area (Å²) in [6.45, 7) is 7.24. The molecule has 0 bridgehead atoms. The molecule has 0 saturated carbocycles. The first-order valence-electron chi connectivity index (χ1n) is 7.56. The molecule has 3 nitrogen and oxygen atoms in total. The van der Waals surface area contributed by atoms with Crippen molar-refractivity contribution in [3.05, 3.63) is 40.7 Å². The lowest BCUT2D eigenvalue weighted by molar-refractivity contribution is 0.589. The van der Waals surface area contributed by atoms with Crippen molar-refractivity contribution < 1.29 is 0 Å². The molecule has 1 aromatic carbocycles. The molecule has 1 heterocycles. The lowest BCUT2D eigenvalue weighted by Crippen LogP contribution is -2.22. The van der Waals surface area contributed by atoms with Crippen LogP contribution >= 0.6 is 11.6 Å². The first-order valence-corrected chi connectivity index (χ1v) is 7.93. The van der Waals surface area contributed by atoms with Gasteiger partial charge in [-0.15, -0.1) is 0 Å². The second kappa shape index (κ2) is 7.10. The number of nitrogens with zero attached hydrogens (tertiary/aromatic N) is 2. The van der Waals surface area contributed by atoms with E-state index in [9.17, 15) is 0 Å². The van der Waals surface area contributed by atoms with E-state index in [0.717, 1.165) is 35.7 Å². The lowest BCUT2D eigenvalue weighted by Gasteiger charge is -2.11. The van der Waals surface area contributed by atoms with Crippen molar-refractivity contribution >= 4 is 11.6 Å². The van der Waals surface area contributed by atoms with Crippen LogP contribution < -0.4 is 5.32 Å². The number of hydrogen-bond donors (Lipinski definition) is 1. The van der Waals surface area contributed by atoms with E-state index in [1.807, 2.05) is 17.8 Å². The van der Waals surface area contributed by atoms with Crippen molar-refractivity contribution in [2.45, 2.75) is 46.2 Å². The quantitative estimate of drug-likeness (QED) is 0.867. The second-order valence-corrected chi connectivity index (χ2v) is 6.16. The molecule has 0 aliphatic carbocycles. The van der Waals surface area contributed by atoms with Gasteiger partial charge in [-0.3, -0.25) is 4.68 Å². The largest absolute Gasteiger partial charge is 0.310 e. The van der Waals surface area contributed by atoms with Crippen LogP contribution in [0.4, 0.5) is 0 Å². The summed E-state index contributed by atoms with van der Waals surface area (Å²) in [5.74, 6) is 0. The molecule has 2 aromatic rings. The number of aromatic nitrogens is 2. The van der Waals surface area contributed by atoms with Gasteiger partial charge in [-0.1, -0.05) is 44.9 Å². The Balaban J connectivity index is 2.34. The predicted octanol–water partition coefficient (Wildman–Crippen LogP) is 4.19. The summed E-state index contributed by atoms with van der Waals surface area (Å²) in [4.78, 5) is 0. The Morgan fingerprint density at radius 3 is 2.76 bits per heavy atom. The van der Waals surface area contributed by atoms with Gasteiger partial charge in [-0.25, -0.2) is 0 Å². The van der Waals surface area contributed by atoms with Crippen LogP contribution in [0, 0.1) is 0 Å². The fraction of sp³-hybridized carbons (Fsp3) is 0.471. The van der Waals surface area contributed by atoms with Crippen molar-refractivity contribution in [3.63, 3.8) is 0 Å². The molecule has 0 aliphatic rings. The van der Waals surface area contributed by atoms with Crippen LogP contribution in [-0.4, -0.2) is 15.8 Å². The van der Waals surface area contributed by atoms with Gasteiger partial charge in [0.15, 0.2) is 0 Å². The third-order valence-electron chi connectivity index (χ3n) is 3.45.